The fraction of sp³-hybridized carbons (Fsp3) is 0.417. The number of nitrogens with zero attached hydrogens (tertiary/aromatic N) is 4. The van der Waals surface area contributed by atoms with Gasteiger partial charge in [0.1, 0.15) is 0 Å². The molecule has 2 rings (SSSR count). The molecule has 1 N–H and O–H groups in total. The van der Waals surface area contributed by atoms with Crippen LogP contribution in [-0.2, 0) is 11.3 Å². The SMILES string of the molecule is COCCNCCn1nnc(-c2ccccc2)n1. The predicted octanol–water partition coefficient (Wildman–Crippen LogP) is 0.576. The molecule has 2 aromatic rings. The summed E-state index contributed by atoms with van der Waals surface area (Å²) in [6.45, 7) is 3.04. The first kappa shape index (κ1) is 12.7. The van der Waals surface area contributed by atoms with Crippen molar-refractivity contribution in [1.29, 1.82) is 0 Å². The van der Waals surface area contributed by atoms with Crippen molar-refractivity contribution in [3.8, 4) is 11.4 Å². The van der Waals surface area contributed by atoms with E-state index in [4.69, 9.17) is 4.74 Å². The average Bonchev–Trinajstić information content (AvgIpc) is 2.88. The zero-order valence-electron chi connectivity index (χ0n) is 10.4. The minimum Gasteiger partial charge on any atom is -0.383 e. The van der Waals surface area contributed by atoms with Gasteiger partial charge in [-0.05, 0) is 5.21 Å². The van der Waals surface area contributed by atoms with E-state index in [9.17, 15) is 0 Å². The standard InChI is InChI=1S/C12H17N5O/c1-18-10-8-13-7-9-17-15-12(14-16-17)11-5-3-2-4-6-11/h2-6,13H,7-10H2,1H3. The number of benzene rings is 1. The van der Waals surface area contributed by atoms with Crippen molar-refractivity contribution in [2.45, 2.75) is 6.54 Å². The van der Waals surface area contributed by atoms with Crippen LogP contribution >= 0.6 is 0 Å². The average molecular weight is 247 g/mol. The van der Waals surface area contributed by atoms with Gasteiger partial charge in [-0.15, -0.1) is 10.2 Å². The van der Waals surface area contributed by atoms with Crippen LogP contribution in [0.5, 0.6) is 0 Å². The van der Waals surface area contributed by atoms with E-state index in [0.29, 0.717) is 19.0 Å². The molecule has 0 aliphatic rings. The summed E-state index contributed by atoms with van der Waals surface area (Å²) in [4.78, 5) is 1.60. The maximum atomic E-state index is 4.94. The smallest absolute Gasteiger partial charge is 0.204 e. The number of aromatic nitrogens is 4. The third kappa shape index (κ3) is 3.61. The van der Waals surface area contributed by atoms with Gasteiger partial charge in [0.15, 0.2) is 0 Å². The fourth-order valence-corrected chi connectivity index (χ4v) is 1.52. The van der Waals surface area contributed by atoms with Crippen LogP contribution in [0.1, 0.15) is 0 Å². The lowest BCUT2D eigenvalue weighted by Gasteiger charge is -2.02. The van der Waals surface area contributed by atoms with Crippen LogP contribution < -0.4 is 5.32 Å². The first-order valence-electron chi connectivity index (χ1n) is 5.93. The van der Waals surface area contributed by atoms with Gasteiger partial charge in [-0.2, -0.15) is 4.80 Å². The summed E-state index contributed by atoms with van der Waals surface area (Å²) >= 11 is 0. The summed E-state index contributed by atoms with van der Waals surface area (Å²) in [6.07, 6.45) is 0. The maximum Gasteiger partial charge on any atom is 0.204 e. The van der Waals surface area contributed by atoms with Gasteiger partial charge in [0.05, 0.1) is 13.2 Å². The zero-order chi connectivity index (χ0) is 12.6. The molecule has 1 aromatic heterocycles. The second kappa shape index (κ2) is 6.83. The highest BCUT2D eigenvalue weighted by Crippen LogP contribution is 2.11. The summed E-state index contributed by atoms with van der Waals surface area (Å²) < 4.78 is 4.94. The maximum absolute atomic E-state index is 4.94. The van der Waals surface area contributed by atoms with Crippen molar-refractivity contribution >= 4 is 0 Å². The highest BCUT2D eigenvalue weighted by molar-refractivity contribution is 5.52. The second-order valence-corrected chi connectivity index (χ2v) is 3.82. The molecule has 18 heavy (non-hydrogen) atoms. The van der Waals surface area contributed by atoms with Crippen molar-refractivity contribution < 1.29 is 4.74 Å². The van der Waals surface area contributed by atoms with Crippen LogP contribution in [0.2, 0.25) is 0 Å². The first-order chi connectivity index (χ1) is 8.90. The highest BCUT2D eigenvalue weighted by atomic mass is 16.5. The topological polar surface area (TPSA) is 64.9 Å². The third-order valence-electron chi connectivity index (χ3n) is 2.46. The van der Waals surface area contributed by atoms with Gasteiger partial charge in [-0.3, -0.25) is 0 Å². The number of rotatable bonds is 7. The van der Waals surface area contributed by atoms with E-state index in [1.165, 1.54) is 0 Å². The van der Waals surface area contributed by atoms with Crippen LogP contribution in [0.4, 0.5) is 0 Å². The van der Waals surface area contributed by atoms with Gasteiger partial charge in [0.2, 0.25) is 5.82 Å². The van der Waals surface area contributed by atoms with Crippen molar-refractivity contribution in [3.05, 3.63) is 30.3 Å². The van der Waals surface area contributed by atoms with Crippen LogP contribution in [0.3, 0.4) is 0 Å². The van der Waals surface area contributed by atoms with Gasteiger partial charge in [-0.25, -0.2) is 0 Å². The van der Waals surface area contributed by atoms with E-state index in [2.05, 4.69) is 20.7 Å². The lowest BCUT2D eigenvalue weighted by Crippen LogP contribution is -2.24. The molecule has 0 spiro atoms. The van der Waals surface area contributed by atoms with Crippen molar-refractivity contribution in [2.24, 2.45) is 0 Å². The molecule has 0 atom stereocenters. The number of ether oxygens (including phenoxy) is 1. The van der Waals surface area contributed by atoms with E-state index in [-0.39, 0.29) is 0 Å². The number of hydrogen-bond donors (Lipinski definition) is 1. The van der Waals surface area contributed by atoms with Gasteiger partial charge < -0.3 is 10.1 Å². The lowest BCUT2D eigenvalue weighted by molar-refractivity contribution is 0.199. The Morgan fingerprint density at radius 1 is 1.22 bits per heavy atom. The number of methoxy groups -OCH3 is 1. The molecule has 0 saturated heterocycles. The second-order valence-electron chi connectivity index (χ2n) is 3.82. The molecule has 0 unspecified atom stereocenters. The normalized spacial score (nSPS) is 10.7. The molecule has 1 heterocycles. The number of nitrogens with one attached hydrogen (secondary N) is 1. The molecular formula is C12H17N5O. The Kier molecular flexibility index (Phi) is 4.80. The minimum absolute atomic E-state index is 0.660. The molecule has 0 bridgehead atoms. The van der Waals surface area contributed by atoms with E-state index in [0.717, 1.165) is 18.7 Å². The van der Waals surface area contributed by atoms with E-state index in [1.54, 1.807) is 11.9 Å². The van der Waals surface area contributed by atoms with E-state index < -0.39 is 0 Å². The van der Waals surface area contributed by atoms with Crippen LogP contribution in [-0.4, -0.2) is 47.0 Å². The molecule has 6 heteroatoms. The van der Waals surface area contributed by atoms with Crippen molar-refractivity contribution in [3.63, 3.8) is 0 Å². The molecule has 0 amide bonds. The lowest BCUT2D eigenvalue weighted by atomic mass is 10.2. The predicted molar refractivity (Wildman–Crippen MR) is 68.0 cm³/mol. The molecule has 0 aliphatic carbocycles. The third-order valence-corrected chi connectivity index (χ3v) is 2.46. The van der Waals surface area contributed by atoms with Gasteiger partial charge in [-0.1, -0.05) is 30.3 Å². The van der Waals surface area contributed by atoms with E-state index >= 15 is 0 Å². The number of tetrazole rings is 1. The Labute approximate surface area is 106 Å². The van der Waals surface area contributed by atoms with Crippen LogP contribution in [0.25, 0.3) is 11.4 Å². The molecule has 1 aromatic carbocycles. The molecular weight excluding hydrogens is 230 g/mol. The summed E-state index contributed by atoms with van der Waals surface area (Å²) in [5, 5.41) is 15.6. The van der Waals surface area contributed by atoms with E-state index in [1.807, 2.05) is 30.3 Å². The minimum atomic E-state index is 0.660. The molecule has 6 nitrogen and oxygen atoms in total. The Morgan fingerprint density at radius 2 is 2.06 bits per heavy atom. The van der Waals surface area contributed by atoms with Crippen molar-refractivity contribution in [1.82, 2.24) is 25.5 Å². The molecule has 0 saturated carbocycles. The summed E-state index contributed by atoms with van der Waals surface area (Å²) in [5.74, 6) is 0.660. The molecule has 0 aliphatic heterocycles. The van der Waals surface area contributed by atoms with Gasteiger partial charge in [0, 0.05) is 25.8 Å². The zero-order valence-corrected chi connectivity index (χ0v) is 10.4. The highest BCUT2D eigenvalue weighted by Gasteiger charge is 2.04. The summed E-state index contributed by atoms with van der Waals surface area (Å²) in [5.41, 5.74) is 0.982. The quantitative estimate of drug-likeness (QED) is 0.725. The summed E-state index contributed by atoms with van der Waals surface area (Å²) in [7, 11) is 1.69. The Morgan fingerprint density at radius 3 is 2.83 bits per heavy atom. The fourth-order valence-electron chi connectivity index (χ4n) is 1.52. The summed E-state index contributed by atoms with van der Waals surface area (Å²) in [6, 6.07) is 9.83. The van der Waals surface area contributed by atoms with Gasteiger partial charge >= 0.3 is 0 Å². The Bertz CT molecular complexity index is 457. The first-order valence-corrected chi connectivity index (χ1v) is 5.93. The molecule has 0 radical (unpaired) electrons. The Balaban J connectivity index is 1.83. The van der Waals surface area contributed by atoms with Gasteiger partial charge in [0.25, 0.3) is 0 Å². The monoisotopic (exact) mass is 247 g/mol. The van der Waals surface area contributed by atoms with Crippen LogP contribution in [0.15, 0.2) is 30.3 Å². The number of hydrogen-bond acceptors (Lipinski definition) is 5. The molecule has 96 valence electrons. The Hall–Kier alpha value is -1.79. The van der Waals surface area contributed by atoms with Crippen molar-refractivity contribution in [2.75, 3.05) is 26.8 Å². The largest absolute Gasteiger partial charge is 0.383 e. The van der Waals surface area contributed by atoms with Crippen LogP contribution in [0, 0.1) is 0 Å². The molecule has 0 fully saturated rings.